The number of pyridine rings is 1. The average molecular weight is 321 g/mol. The minimum atomic E-state index is 0.315. The van der Waals surface area contributed by atoms with E-state index in [1.165, 1.54) is 5.56 Å². The SMILES string of the molecule is Brc1ccc(CNCc2ccc3c(c2)OCO3)nc1. The van der Waals surface area contributed by atoms with Crippen molar-refractivity contribution < 1.29 is 9.47 Å². The van der Waals surface area contributed by atoms with Crippen LogP contribution < -0.4 is 14.8 Å². The molecule has 0 aliphatic carbocycles. The number of aromatic nitrogens is 1. The van der Waals surface area contributed by atoms with E-state index in [0.717, 1.165) is 34.8 Å². The summed E-state index contributed by atoms with van der Waals surface area (Å²) in [5.41, 5.74) is 2.19. The highest BCUT2D eigenvalue weighted by molar-refractivity contribution is 9.10. The van der Waals surface area contributed by atoms with Gasteiger partial charge in [-0.2, -0.15) is 0 Å². The predicted molar refractivity (Wildman–Crippen MR) is 75.0 cm³/mol. The van der Waals surface area contributed by atoms with E-state index in [-0.39, 0.29) is 0 Å². The average Bonchev–Trinajstić information content (AvgIpc) is 2.88. The third-order valence-electron chi connectivity index (χ3n) is 2.86. The van der Waals surface area contributed by atoms with Gasteiger partial charge in [-0.15, -0.1) is 0 Å². The molecule has 1 aliphatic rings. The van der Waals surface area contributed by atoms with Crippen LogP contribution in [0.2, 0.25) is 0 Å². The Labute approximate surface area is 119 Å². The van der Waals surface area contributed by atoms with E-state index < -0.39 is 0 Å². The molecule has 1 aromatic heterocycles. The highest BCUT2D eigenvalue weighted by Gasteiger charge is 2.12. The van der Waals surface area contributed by atoms with Crippen LogP contribution in [0.15, 0.2) is 41.0 Å². The molecule has 2 heterocycles. The summed E-state index contributed by atoms with van der Waals surface area (Å²) in [5, 5.41) is 3.35. The fraction of sp³-hybridized carbons (Fsp3) is 0.214. The van der Waals surface area contributed by atoms with Crippen LogP contribution in [0.3, 0.4) is 0 Å². The molecule has 0 bridgehead atoms. The second-order valence-electron chi connectivity index (χ2n) is 4.26. The van der Waals surface area contributed by atoms with Gasteiger partial charge in [0.25, 0.3) is 0 Å². The Morgan fingerprint density at radius 2 is 2.00 bits per heavy atom. The van der Waals surface area contributed by atoms with Crippen LogP contribution >= 0.6 is 15.9 Å². The maximum atomic E-state index is 5.35. The molecule has 0 amide bonds. The van der Waals surface area contributed by atoms with Crippen LogP contribution in [-0.2, 0) is 13.1 Å². The molecular formula is C14H13BrN2O2. The van der Waals surface area contributed by atoms with Crippen molar-refractivity contribution in [3.05, 3.63) is 52.3 Å². The summed E-state index contributed by atoms with van der Waals surface area (Å²) in [5.74, 6) is 1.64. The van der Waals surface area contributed by atoms with Gasteiger partial charge in [-0.1, -0.05) is 6.07 Å². The molecule has 19 heavy (non-hydrogen) atoms. The van der Waals surface area contributed by atoms with Crippen LogP contribution in [0.5, 0.6) is 11.5 Å². The van der Waals surface area contributed by atoms with E-state index in [1.807, 2.05) is 30.3 Å². The molecule has 5 heteroatoms. The van der Waals surface area contributed by atoms with Crippen LogP contribution in [0.25, 0.3) is 0 Å². The molecule has 0 radical (unpaired) electrons. The number of nitrogens with zero attached hydrogens (tertiary/aromatic N) is 1. The first kappa shape index (κ1) is 12.4. The van der Waals surface area contributed by atoms with Crippen molar-refractivity contribution in [3.63, 3.8) is 0 Å². The van der Waals surface area contributed by atoms with Crippen LogP contribution in [0.1, 0.15) is 11.3 Å². The van der Waals surface area contributed by atoms with Gasteiger partial charge in [0.15, 0.2) is 11.5 Å². The molecule has 1 aromatic carbocycles. The second-order valence-corrected chi connectivity index (χ2v) is 5.17. The van der Waals surface area contributed by atoms with Crippen molar-refractivity contribution in [3.8, 4) is 11.5 Å². The first-order chi connectivity index (χ1) is 9.31. The minimum Gasteiger partial charge on any atom is -0.454 e. The largest absolute Gasteiger partial charge is 0.454 e. The molecule has 4 nitrogen and oxygen atoms in total. The lowest BCUT2D eigenvalue weighted by Gasteiger charge is -2.05. The molecule has 3 rings (SSSR count). The predicted octanol–water partition coefficient (Wildman–Crippen LogP) is 2.86. The van der Waals surface area contributed by atoms with E-state index in [9.17, 15) is 0 Å². The number of hydrogen-bond donors (Lipinski definition) is 1. The molecule has 0 unspecified atom stereocenters. The van der Waals surface area contributed by atoms with E-state index in [0.29, 0.717) is 6.79 Å². The molecule has 0 saturated heterocycles. The number of nitrogens with one attached hydrogen (secondary N) is 1. The third kappa shape index (κ3) is 3.05. The summed E-state index contributed by atoms with van der Waals surface area (Å²) in [4.78, 5) is 4.31. The smallest absolute Gasteiger partial charge is 0.231 e. The maximum absolute atomic E-state index is 5.35. The van der Waals surface area contributed by atoms with Gasteiger partial charge >= 0.3 is 0 Å². The molecule has 0 spiro atoms. The lowest BCUT2D eigenvalue weighted by atomic mass is 10.2. The monoisotopic (exact) mass is 320 g/mol. The molecular weight excluding hydrogens is 308 g/mol. The van der Waals surface area contributed by atoms with Gasteiger partial charge in [0.1, 0.15) is 0 Å². The Morgan fingerprint density at radius 3 is 2.84 bits per heavy atom. The zero-order valence-corrected chi connectivity index (χ0v) is 11.8. The van der Waals surface area contributed by atoms with Crippen molar-refractivity contribution >= 4 is 15.9 Å². The van der Waals surface area contributed by atoms with Gasteiger partial charge in [-0.25, -0.2) is 0 Å². The normalized spacial score (nSPS) is 12.7. The molecule has 2 aromatic rings. The molecule has 98 valence electrons. The van der Waals surface area contributed by atoms with Crippen LogP contribution in [0, 0.1) is 0 Å². The van der Waals surface area contributed by atoms with Gasteiger partial charge in [-0.3, -0.25) is 4.98 Å². The van der Waals surface area contributed by atoms with Crippen molar-refractivity contribution in [1.82, 2.24) is 10.3 Å². The summed E-state index contributed by atoms with van der Waals surface area (Å²) < 4.78 is 11.6. The Balaban J connectivity index is 1.56. The second kappa shape index (κ2) is 5.59. The Bertz CT molecular complexity index is 572. The Morgan fingerprint density at radius 1 is 1.11 bits per heavy atom. The van der Waals surface area contributed by atoms with Gasteiger partial charge < -0.3 is 14.8 Å². The summed E-state index contributed by atoms with van der Waals surface area (Å²) in [6.07, 6.45) is 1.80. The Kier molecular flexibility index (Phi) is 3.66. The zero-order valence-electron chi connectivity index (χ0n) is 10.2. The highest BCUT2D eigenvalue weighted by atomic mass is 79.9. The van der Waals surface area contributed by atoms with Gasteiger partial charge in [-0.05, 0) is 45.8 Å². The first-order valence-corrected chi connectivity index (χ1v) is 6.80. The fourth-order valence-electron chi connectivity index (χ4n) is 1.90. The number of halogens is 1. The number of ether oxygens (including phenoxy) is 2. The van der Waals surface area contributed by atoms with Gasteiger partial charge in [0, 0.05) is 23.8 Å². The number of benzene rings is 1. The lowest BCUT2D eigenvalue weighted by molar-refractivity contribution is 0.174. The quantitative estimate of drug-likeness (QED) is 0.940. The maximum Gasteiger partial charge on any atom is 0.231 e. The zero-order chi connectivity index (χ0) is 13.1. The molecule has 0 fully saturated rings. The summed E-state index contributed by atoms with van der Waals surface area (Å²) in [6.45, 7) is 1.82. The van der Waals surface area contributed by atoms with Crippen molar-refractivity contribution in [2.45, 2.75) is 13.1 Å². The van der Waals surface area contributed by atoms with E-state index in [1.54, 1.807) is 6.20 Å². The summed E-state index contributed by atoms with van der Waals surface area (Å²) in [7, 11) is 0. The standard InChI is InChI=1S/C14H13BrN2O2/c15-11-2-3-12(17-7-11)8-16-6-10-1-4-13-14(5-10)19-9-18-13/h1-5,7,16H,6,8-9H2. The summed E-state index contributed by atoms with van der Waals surface area (Å²) >= 11 is 3.37. The van der Waals surface area contributed by atoms with Gasteiger partial charge in [0.05, 0.1) is 5.69 Å². The van der Waals surface area contributed by atoms with Crippen LogP contribution in [0.4, 0.5) is 0 Å². The molecule has 1 aliphatic heterocycles. The molecule has 0 atom stereocenters. The number of hydrogen-bond acceptors (Lipinski definition) is 4. The topological polar surface area (TPSA) is 43.4 Å². The van der Waals surface area contributed by atoms with Gasteiger partial charge in [0.2, 0.25) is 6.79 Å². The molecule has 1 N–H and O–H groups in total. The van der Waals surface area contributed by atoms with E-state index in [2.05, 4.69) is 26.2 Å². The van der Waals surface area contributed by atoms with Crippen molar-refractivity contribution in [1.29, 1.82) is 0 Å². The van der Waals surface area contributed by atoms with Crippen molar-refractivity contribution in [2.24, 2.45) is 0 Å². The number of rotatable bonds is 4. The number of fused-ring (bicyclic) bond motifs is 1. The van der Waals surface area contributed by atoms with E-state index in [4.69, 9.17) is 9.47 Å². The van der Waals surface area contributed by atoms with Crippen molar-refractivity contribution in [2.75, 3.05) is 6.79 Å². The fourth-order valence-corrected chi connectivity index (χ4v) is 2.13. The third-order valence-corrected chi connectivity index (χ3v) is 3.33. The lowest BCUT2D eigenvalue weighted by Crippen LogP contribution is -2.13. The highest BCUT2D eigenvalue weighted by Crippen LogP contribution is 2.32. The Hall–Kier alpha value is -1.59. The first-order valence-electron chi connectivity index (χ1n) is 6.01. The minimum absolute atomic E-state index is 0.315. The summed E-state index contributed by atoms with van der Waals surface area (Å²) in [6, 6.07) is 9.97. The van der Waals surface area contributed by atoms with Crippen LogP contribution in [-0.4, -0.2) is 11.8 Å². The molecule has 0 saturated carbocycles. The van der Waals surface area contributed by atoms with E-state index >= 15 is 0 Å².